The summed E-state index contributed by atoms with van der Waals surface area (Å²) in [6, 6.07) is 4.37. The molecule has 1 fully saturated rings. The minimum absolute atomic E-state index is 0.0123. The Morgan fingerprint density at radius 1 is 1.50 bits per heavy atom. The molecule has 0 spiro atoms. The highest BCUT2D eigenvalue weighted by molar-refractivity contribution is 6.32. The maximum Gasteiger partial charge on any atom is 0.328 e. The lowest BCUT2D eigenvalue weighted by atomic mass is 10.0. The largest absolute Gasteiger partial charge is 0.506 e. The lowest BCUT2D eigenvalue weighted by Crippen LogP contribution is -2.47. The van der Waals surface area contributed by atoms with Crippen LogP contribution in [0.5, 0.6) is 5.75 Å². The molecule has 0 saturated carbocycles. The van der Waals surface area contributed by atoms with Crippen LogP contribution in [-0.4, -0.2) is 48.8 Å². The van der Waals surface area contributed by atoms with Crippen molar-refractivity contribution in [1.82, 2.24) is 10.2 Å². The van der Waals surface area contributed by atoms with E-state index in [-0.39, 0.29) is 16.7 Å². The van der Waals surface area contributed by atoms with E-state index in [2.05, 4.69) is 10.2 Å². The van der Waals surface area contributed by atoms with Gasteiger partial charge in [-0.2, -0.15) is 0 Å². The lowest BCUT2D eigenvalue weighted by molar-refractivity contribution is -0.150. The first-order chi connectivity index (χ1) is 9.63. The number of nitrogens with zero attached hydrogens (tertiary/aromatic N) is 1. The Balaban J connectivity index is 2.28. The summed E-state index contributed by atoms with van der Waals surface area (Å²) >= 11 is 5.95. The molecule has 110 valence electrons. The van der Waals surface area contributed by atoms with E-state index < -0.39 is 6.04 Å². The molecule has 1 unspecified atom stereocenters. The zero-order valence-electron chi connectivity index (χ0n) is 11.4. The first kappa shape index (κ1) is 15.1. The van der Waals surface area contributed by atoms with Gasteiger partial charge in [0.05, 0.1) is 11.6 Å². The van der Waals surface area contributed by atoms with Gasteiger partial charge in [0, 0.05) is 26.2 Å². The molecule has 1 aliphatic rings. The number of carbonyl (C=O) groups excluding carboxylic acids is 1. The van der Waals surface area contributed by atoms with Crippen LogP contribution in [0.25, 0.3) is 0 Å². The van der Waals surface area contributed by atoms with Crippen LogP contribution in [-0.2, 0) is 9.53 Å². The summed E-state index contributed by atoms with van der Waals surface area (Å²) in [6.45, 7) is 5.33. The molecule has 1 aliphatic heterocycles. The Morgan fingerprint density at radius 2 is 2.20 bits per heavy atom. The molecular formula is C14H19ClN2O3. The molecule has 20 heavy (non-hydrogen) atoms. The minimum Gasteiger partial charge on any atom is -0.506 e. The lowest BCUT2D eigenvalue weighted by Gasteiger charge is -2.33. The Morgan fingerprint density at radius 3 is 2.80 bits per heavy atom. The topological polar surface area (TPSA) is 61.8 Å². The predicted octanol–water partition coefficient (Wildman–Crippen LogP) is 1.55. The molecule has 5 nitrogen and oxygen atoms in total. The number of halogens is 1. The maximum atomic E-state index is 12.2. The van der Waals surface area contributed by atoms with E-state index in [1.807, 2.05) is 0 Å². The quantitative estimate of drug-likeness (QED) is 0.826. The van der Waals surface area contributed by atoms with Crippen LogP contribution in [0.1, 0.15) is 18.5 Å². The monoisotopic (exact) mass is 298 g/mol. The summed E-state index contributed by atoms with van der Waals surface area (Å²) in [4.78, 5) is 14.3. The number of phenols is 1. The number of nitrogens with one attached hydrogen (secondary N) is 1. The van der Waals surface area contributed by atoms with Crippen LogP contribution in [0.15, 0.2) is 18.2 Å². The highest BCUT2D eigenvalue weighted by atomic mass is 35.5. The van der Waals surface area contributed by atoms with E-state index in [1.165, 1.54) is 6.07 Å². The number of hydrogen-bond donors (Lipinski definition) is 2. The van der Waals surface area contributed by atoms with Crippen LogP contribution in [0, 0.1) is 0 Å². The molecule has 2 rings (SSSR count). The van der Waals surface area contributed by atoms with E-state index in [9.17, 15) is 9.90 Å². The first-order valence-electron chi connectivity index (χ1n) is 6.73. The van der Waals surface area contributed by atoms with E-state index >= 15 is 0 Å². The van der Waals surface area contributed by atoms with Crippen molar-refractivity contribution in [2.45, 2.75) is 13.0 Å². The van der Waals surface area contributed by atoms with Gasteiger partial charge in [-0.3, -0.25) is 4.90 Å². The van der Waals surface area contributed by atoms with Crippen molar-refractivity contribution in [3.63, 3.8) is 0 Å². The summed E-state index contributed by atoms with van der Waals surface area (Å²) in [7, 11) is 0. The van der Waals surface area contributed by atoms with E-state index in [1.54, 1.807) is 19.1 Å². The zero-order valence-corrected chi connectivity index (χ0v) is 12.2. The Labute approximate surface area is 123 Å². The number of phenolic OH excluding ortho intramolecular Hbond substituents is 1. The molecule has 6 heteroatoms. The standard InChI is InChI=1S/C14H19ClN2O3/c1-2-20-14(19)13(17-7-5-16-6-8-17)10-3-4-12(18)11(15)9-10/h3-4,9,13,16,18H,2,5-8H2,1H3. The van der Waals surface area contributed by atoms with Crippen LogP contribution in [0.3, 0.4) is 0 Å². The van der Waals surface area contributed by atoms with Gasteiger partial charge in [-0.05, 0) is 24.6 Å². The van der Waals surface area contributed by atoms with Crippen molar-refractivity contribution in [1.29, 1.82) is 0 Å². The highest BCUT2D eigenvalue weighted by Gasteiger charge is 2.30. The molecule has 1 aromatic carbocycles. The fraction of sp³-hybridized carbons (Fsp3) is 0.500. The van der Waals surface area contributed by atoms with E-state index in [0.717, 1.165) is 31.7 Å². The van der Waals surface area contributed by atoms with Crippen molar-refractivity contribution in [2.24, 2.45) is 0 Å². The SMILES string of the molecule is CCOC(=O)C(c1ccc(O)c(Cl)c1)N1CCNCC1. The van der Waals surface area contributed by atoms with Crippen molar-refractivity contribution in [2.75, 3.05) is 32.8 Å². The summed E-state index contributed by atoms with van der Waals surface area (Å²) in [6.07, 6.45) is 0. The normalized spacial score (nSPS) is 17.7. The smallest absolute Gasteiger partial charge is 0.328 e. The van der Waals surface area contributed by atoms with Gasteiger partial charge >= 0.3 is 5.97 Å². The third-order valence-corrected chi connectivity index (χ3v) is 3.62. The Kier molecular flexibility index (Phi) is 5.23. The van der Waals surface area contributed by atoms with Crippen molar-refractivity contribution in [3.8, 4) is 5.75 Å². The van der Waals surface area contributed by atoms with Gasteiger partial charge in [0.1, 0.15) is 11.8 Å². The summed E-state index contributed by atoms with van der Waals surface area (Å²) in [5.74, 6) is -0.269. The number of aromatic hydroxyl groups is 1. The molecule has 1 heterocycles. The highest BCUT2D eigenvalue weighted by Crippen LogP contribution is 2.30. The van der Waals surface area contributed by atoms with Gasteiger partial charge < -0.3 is 15.2 Å². The van der Waals surface area contributed by atoms with Crippen molar-refractivity contribution >= 4 is 17.6 Å². The zero-order chi connectivity index (χ0) is 14.5. The molecule has 0 amide bonds. The number of rotatable bonds is 4. The second-order valence-electron chi connectivity index (χ2n) is 4.65. The molecule has 1 aromatic rings. The number of benzene rings is 1. The van der Waals surface area contributed by atoms with Gasteiger partial charge in [-0.1, -0.05) is 17.7 Å². The minimum atomic E-state index is -0.477. The number of hydrogen-bond acceptors (Lipinski definition) is 5. The number of carbonyl (C=O) groups is 1. The Bertz CT molecular complexity index is 475. The average molecular weight is 299 g/mol. The molecule has 0 radical (unpaired) electrons. The fourth-order valence-electron chi connectivity index (χ4n) is 2.35. The molecule has 2 N–H and O–H groups in total. The third-order valence-electron chi connectivity index (χ3n) is 3.31. The summed E-state index contributed by atoms with van der Waals surface area (Å²) in [5, 5.41) is 13.0. The van der Waals surface area contributed by atoms with Crippen LogP contribution >= 0.6 is 11.6 Å². The van der Waals surface area contributed by atoms with Gasteiger partial charge in [-0.15, -0.1) is 0 Å². The van der Waals surface area contributed by atoms with Gasteiger partial charge in [0.25, 0.3) is 0 Å². The van der Waals surface area contributed by atoms with Gasteiger partial charge in [0.2, 0.25) is 0 Å². The molecule has 0 aliphatic carbocycles. The van der Waals surface area contributed by atoms with Gasteiger partial charge in [0.15, 0.2) is 0 Å². The molecule has 0 bridgehead atoms. The van der Waals surface area contributed by atoms with E-state index in [4.69, 9.17) is 16.3 Å². The number of esters is 1. The Hall–Kier alpha value is -1.30. The van der Waals surface area contributed by atoms with Crippen LogP contribution in [0.4, 0.5) is 0 Å². The van der Waals surface area contributed by atoms with E-state index in [0.29, 0.717) is 6.61 Å². The van der Waals surface area contributed by atoms with Crippen molar-refractivity contribution < 1.29 is 14.6 Å². The second kappa shape index (κ2) is 6.92. The number of ether oxygens (including phenoxy) is 1. The third kappa shape index (κ3) is 3.42. The van der Waals surface area contributed by atoms with Crippen LogP contribution < -0.4 is 5.32 Å². The molecule has 1 atom stereocenters. The fourth-order valence-corrected chi connectivity index (χ4v) is 2.54. The van der Waals surface area contributed by atoms with Crippen LogP contribution in [0.2, 0.25) is 5.02 Å². The average Bonchev–Trinajstić information content (AvgIpc) is 2.44. The number of piperazine rings is 1. The molecule has 1 saturated heterocycles. The predicted molar refractivity (Wildman–Crippen MR) is 76.9 cm³/mol. The first-order valence-corrected chi connectivity index (χ1v) is 7.11. The maximum absolute atomic E-state index is 12.2. The molecular weight excluding hydrogens is 280 g/mol. The second-order valence-corrected chi connectivity index (χ2v) is 5.06. The molecule has 0 aromatic heterocycles. The summed E-state index contributed by atoms with van der Waals surface area (Å²) in [5.41, 5.74) is 0.744. The summed E-state index contributed by atoms with van der Waals surface area (Å²) < 4.78 is 5.18. The van der Waals surface area contributed by atoms with Crippen molar-refractivity contribution in [3.05, 3.63) is 28.8 Å². The van der Waals surface area contributed by atoms with Gasteiger partial charge in [-0.25, -0.2) is 4.79 Å².